The molecule has 2 atom stereocenters. The number of aryl methyl sites for hydroxylation is 1. The molecule has 168 valence electrons. The van der Waals surface area contributed by atoms with Crippen LogP contribution in [0.25, 0.3) is 0 Å². The van der Waals surface area contributed by atoms with Gasteiger partial charge in [-0.25, -0.2) is 8.42 Å². The molecule has 1 aliphatic heterocycles. The molecule has 0 radical (unpaired) electrons. The van der Waals surface area contributed by atoms with Crippen molar-refractivity contribution in [3.8, 4) is 5.75 Å². The zero-order chi connectivity index (χ0) is 22.6. The molecule has 1 heterocycles. The molecule has 1 N–H and O–H groups in total. The SMILES string of the molecule is CCOc1ccc(S(=O)(=O)N2CCC[C@H](C(=O)N[C@H](C)c3ccc(Cl)cc3)C2)cc1C. The Balaban J connectivity index is 1.69. The molecule has 3 rings (SSSR count). The first-order chi connectivity index (χ1) is 14.7. The van der Waals surface area contributed by atoms with Crippen molar-refractivity contribution < 1.29 is 17.9 Å². The van der Waals surface area contributed by atoms with E-state index in [1.807, 2.05) is 32.9 Å². The minimum atomic E-state index is -3.68. The first kappa shape index (κ1) is 23.6. The predicted molar refractivity (Wildman–Crippen MR) is 122 cm³/mol. The van der Waals surface area contributed by atoms with Crippen LogP contribution in [0.4, 0.5) is 0 Å². The van der Waals surface area contributed by atoms with E-state index in [1.165, 1.54) is 4.31 Å². The average molecular weight is 465 g/mol. The molecule has 1 fully saturated rings. The summed E-state index contributed by atoms with van der Waals surface area (Å²) in [5.41, 5.74) is 1.72. The van der Waals surface area contributed by atoms with E-state index in [1.54, 1.807) is 30.3 Å². The molecule has 1 amide bonds. The van der Waals surface area contributed by atoms with Crippen LogP contribution in [0.5, 0.6) is 5.75 Å². The molecule has 0 spiro atoms. The number of rotatable bonds is 7. The van der Waals surface area contributed by atoms with Gasteiger partial charge in [0.2, 0.25) is 15.9 Å². The molecule has 0 aliphatic carbocycles. The van der Waals surface area contributed by atoms with Gasteiger partial charge in [0.25, 0.3) is 0 Å². The van der Waals surface area contributed by atoms with Crippen LogP contribution in [0.2, 0.25) is 5.02 Å². The van der Waals surface area contributed by atoms with Gasteiger partial charge in [-0.2, -0.15) is 4.31 Å². The highest BCUT2D eigenvalue weighted by Crippen LogP contribution is 2.28. The molecule has 0 saturated carbocycles. The summed E-state index contributed by atoms with van der Waals surface area (Å²) in [7, 11) is -3.68. The summed E-state index contributed by atoms with van der Waals surface area (Å²) in [6, 6.07) is 12.0. The van der Waals surface area contributed by atoms with Gasteiger partial charge in [0, 0.05) is 18.1 Å². The average Bonchev–Trinajstić information content (AvgIpc) is 2.75. The molecular formula is C23H29ClN2O4S. The zero-order valence-corrected chi connectivity index (χ0v) is 19.7. The zero-order valence-electron chi connectivity index (χ0n) is 18.1. The third-order valence-electron chi connectivity index (χ3n) is 5.57. The van der Waals surface area contributed by atoms with E-state index in [0.717, 1.165) is 11.1 Å². The van der Waals surface area contributed by atoms with Gasteiger partial charge in [0.15, 0.2) is 0 Å². The highest BCUT2D eigenvalue weighted by Gasteiger charge is 2.34. The number of benzene rings is 2. The van der Waals surface area contributed by atoms with Crippen LogP contribution >= 0.6 is 11.6 Å². The van der Waals surface area contributed by atoms with Gasteiger partial charge in [-0.3, -0.25) is 4.79 Å². The maximum Gasteiger partial charge on any atom is 0.243 e. The molecule has 6 nitrogen and oxygen atoms in total. The van der Waals surface area contributed by atoms with Crippen LogP contribution in [-0.2, 0) is 14.8 Å². The molecule has 2 aromatic carbocycles. The first-order valence-corrected chi connectivity index (χ1v) is 12.3. The van der Waals surface area contributed by atoms with Crippen molar-refractivity contribution in [1.82, 2.24) is 9.62 Å². The molecule has 1 saturated heterocycles. The van der Waals surface area contributed by atoms with Crippen LogP contribution in [0, 0.1) is 12.8 Å². The van der Waals surface area contributed by atoms with Gasteiger partial charge < -0.3 is 10.1 Å². The van der Waals surface area contributed by atoms with Gasteiger partial charge >= 0.3 is 0 Å². The molecule has 2 aromatic rings. The quantitative estimate of drug-likeness (QED) is 0.661. The summed E-state index contributed by atoms with van der Waals surface area (Å²) in [6.45, 7) is 6.72. The molecule has 0 unspecified atom stereocenters. The third-order valence-corrected chi connectivity index (χ3v) is 7.68. The Kier molecular flexibility index (Phi) is 7.62. The van der Waals surface area contributed by atoms with Crippen molar-refractivity contribution in [2.75, 3.05) is 19.7 Å². The smallest absolute Gasteiger partial charge is 0.243 e. The largest absolute Gasteiger partial charge is 0.494 e. The molecule has 0 aromatic heterocycles. The number of hydrogen-bond acceptors (Lipinski definition) is 4. The van der Waals surface area contributed by atoms with Crippen LogP contribution in [0.3, 0.4) is 0 Å². The summed E-state index contributed by atoms with van der Waals surface area (Å²) in [5, 5.41) is 3.65. The number of halogens is 1. The van der Waals surface area contributed by atoms with E-state index in [9.17, 15) is 13.2 Å². The van der Waals surface area contributed by atoms with Crippen molar-refractivity contribution in [3.63, 3.8) is 0 Å². The van der Waals surface area contributed by atoms with Crippen LogP contribution in [0.15, 0.2) is 47.4 Å². The third kappa shape index (κ3) is 5.59. The standard InChI is InChI=1S/C23H29ClN2O4S/c1-4-30-22-12-11-21(14-16(22)2)31(28,29)26-13-5-6-19(15-26)23(27)25-17(3)18-7-9-20(24)10-8-18/h7-12,14,17,19H,4-6,13,15H2,1-3H3,(H,25,27)/t17-,19+/m1/s1. The lowest BCUT2D eigenvalue weighted by Gasteiger charge is -2.32. The monoisotopic (exact) mass is 464 g/mol. The number of amides is 1. The molecule has 31 heavy (non-hydrogen) atoms. The Hall–Kier alpha value is -2.09. The molecular weight excluding hydrogens is 436 g/mol. The highest BCUT2D eigenvalue weighted by atomic mass is 35.5. The number of nitrogens with one attached hydrogen (secondary N) is 1. The summed E-state index contributed by atoms with van der Waals surface area (Å²) in [4.78, 5) is 13.1. The topological polar surface area (TPSA) is 75.7 Å². The Morgan fingerprint density at radius 3 is 2.61 bits per heavy atom. The normalized spacial score (nSPS) is 18.4. The Labute approximate surface area is 189 Å². The van der Waals surface area contributed by atoms with E-state index >= 15 is 0 Å². The lowest BCUT2D eigenvalue weighted by molar-refractivity contribution is -0.126. The molecule has 1 aliphatic rings. The van der Waals surface area contributed by atoms with E-state index in [0.29, 0.717) is 36.8 Å². The van der Waals surface area contributed by atoms with Gasteiger partial charge in [-0.05, 0) is 75.1 Å². The van der Waals surface area contributed by atoms with Gasteiger partial charge in [-0.15, -0.1) is 0 Å². The van der Waals surface area contributed by atoms with Gasteiger partial charge in [0.1, 0.15) is 5.75 Å². The minimum absolute atomic E-state index is 0.134. The summed E-state index contributed by atoms with van der Waals surface area (Å²) >= 11 is 5.93. The number of piperidine rings is 1. The number of hydrogen-bond donors (Lipinski definition) is 1. The maximum atomic E-state index is 13.2. The van der Waals surface area contributed by atoms with Crippen LogP contribution in [-0.4, -0.2) is 38.3 Å². The van der Waals surface area contributed by atoms with Crippen molar-refractivity contribution in [1.29, 1.82) is 0 Å². The van der Waals surface area contributed by atoms with Crippen molar-refractivity contribution in [2.24, 2.45) is 5.92 Å². The van der Waals surface area contributed by atoms with Crippen molar-refractivity contribution in [2.45, 2.75) is 44.6 Å². The number of nitrogens with zero attached hydrogens (tertiary/aromatic N) is 1. The maximum absolute atomic E-state index is 13.2. The summed E-state index contributed by atoms with van der Waals surface area (Å²) in [6.07, 6.45) is 1.30. The number of carbonyl (C=O) groups is 1. The number of sulfonamides is 1. The lowest BCUT2D eigenvalue weighted by Crippen LogP contribution is -2.45. The Morgan fingerprint density at radius 2 is 1.97 bits per heavy atom. The Bertz CT molecular complexity index is 1020. The van der Waals surface area contributed by atoms with E-state index in [4.69, 9.17) is 16.3 Å². The van der Waals surface area contributed by atoms with Crippen molar-refractivity contribution >= 4 is 27.5 Å². The van der Waals surface area contributed by atoms with Gasteiger partial charge in [0.05, 0.1) is 23.5 Å². The first-order valence-electron chi connectivity index (χ1n) is 10.5. The molecule has 8 heteroatoms. The fourth-order valence-electron chi connectivity index (χ4n) is 3.79. The summed E-state index contributed by atoms with van der Waals surface area (Å²) < 4.78 is 33.3. The second kappa shape index (κ2) is 10.0. The molecule has 0 bridgehead atoms. The van der Waals surface area contributed by atoms with E-state index in [-0.39, 0.29) is 29.3 Å². The highest BCUT2D eigenvalue weighted by molar-refractivity contribution is 7.89. The van der Waals surface area contributed by atoms with E-state index in [2.05, 4.69) is 5.32 Å². The second-order valence-electron chi connectivity index (χ2n) is 7.84. The van der Waals surface area contributed by atoms with Crippen LogP contribution < -0.4 is 10.1 Å². The second-order valence-corrected chi connectivity index (χ2v) is 10.2. The van der Waals surface area contributed by atoms with Gasteiger partial charge in [-0.1, -0.05) is 23.7 Å². The minimum Gasteiger partial charge on any atom is -0.494 e. The predicted octanol–water partition coefficient (Wildman–Crippen LogP) is 4.33. The number of carbonyl (C=O) groups excluding carboxylic acids is 1. The Morgan fingerprint density at radius 1 is 1.26 bits per heavy atom. The van der Waals surface area contributed by atoms with Crippen LogP contribution in [0.1, 0.15) is 43.9 Å². The fraction of sp³-hybridized carbons (Fsp3) is 0.435. The lowest BCUT2D eigenvalue weighted by atomic mass is 9.98. The summed E-state index contributed by atoms with van der Waals surface area (Å²) in [5.74, 6) is 0.154. The fourth-order valence-corrected chi connectivity index (χ4v) is 5.53. The van der Waals surface area contributed by atoms with Crippen molar-refractivity contribution in [3.05, 3.63) is 58.6 Å². The number of ether oxygens (including phenoxy) is 1. The van der Waals surface area contributed by atoms with E-state index < -0.39 is 10.0 Å².